The fourth-order valence-electron chi connectivity index (χ4n) is 2.48. The topological polar surface area (TPSA) is 35.2 Å². The molecule has 20 heavy (non-hydrogen) atoms. The largest absolute Gasteiger partial charge is 0.493 e. The van der Waals surface area contributed by atoms with Gasteiger partial charge in [0.1, 0.15) is 17.4 Å². The van der Waals surface area contributed by atoms with Gasteiger partial charge in [0.05, 0.1) is 16.6 Å². The lowest BCUT2D eigenvalue weighted by Crippen LogP contribution is -2.01. The molecule has 2 aromatic rings. The zero-order chi connectivity index (χ0) is 14.3. The molecule has 104 valence electrons. The molecule has 0 bridgehead atoms. The Balaban J connectivity index is 2.24. The van der Waals surface area contributed by atoms with Crippen molar-refractivity contribution in [2.45, 2.75) is 13.0 Å². The zero-order valence-electron chi connectivity index (χ0n) is 10.6. The van der Waals surface area contributed by atoms with E-state index >= 15 is 0 Å². The molecule has 2 N–H and O–H groups in total. The Bertz CT molecular complexity index is 688. The van der Waals surface area contributed by atoms with E-state index in [0.717, 1.165) is 23.3 Å². The third kappa shape index (κ3) is 2.11. The average Bonchev–Trinajstić information content (AvgIpc) is 2.91. The number of benzene rings is 2. The van der Waals surface area contributed by atoms with Crippen LogP contribution in [0.1, 0.15) is 11.1 Å². The first-order valence-corrected chi connectivity index (χ1v) is 7.03. The number of rotatable bonds is 2. The molecule has 0 unspecified atom stereocenters. The lowest BCUT2D eigenvalue weighted by molar-refractivity contribution is 0.353. The van der Waals surface area contributed by atoms with Crippen molar-refractivity contribution in [3.8, 4) is 16.9 Å². The van der Waals surface area contributed by atoms with Crippen LogP contribution in [0.15, 0.2) is 28.7 Å². The Kier molecular flexibility index (Phi) is 3.48. The van der Waals surface area contributed by atoms with Gasteiger partial charge in [-0.05, 0) is 51.3 Å². The maximum absolute atomic E-state index is 14.2. The summed E-state index contributed by atoms with van der Waals surface area (Å²) in [6.07, 6.45) is 0.730. The molecule has 1 aliphatic heterocycles. The number of ether oxygens (including phenoxy) is 1. The van der Waals surface area contributed by atoms with Crippen LogP contribution in [0.4, 0.5) is 8.78 Å². The lowest BCUT2D eigenvalue weighted by Gasteiger charge is -2.12. The Labute approximate surface area is 123 Å². The summed E-state index contributed by atoms with van der Waals surface area (Å²) in [5.41, 5.74) is 7.87. The quantitative estimate of drug-likeness (QED) is 0.845. The fraction of sp³-hybridized carbons (Fsp3) is 0.200. The molecule has 0 aromatic heterocycles. The lowest BCUT2D eigenvalue weighted by atomic mass is 9.97. The Hall–Kier alpha value is -1.46. The van der Waals surface area contributed by atoms with Crippen LogP contribution in [0.5, 0.6) is 5.75 Å². The van der Waals surface area contributed by atoms with Crippen LogP contribution in [-0.2, 0) is 13.0 Å². The van der Waals surface area contributed by atoms with Crippen molar-refractivity contribution < 1.29 is 13.5 Å². The SMILES string of the molecule is NCc1cc(-c2c(F)ccc(Br)c2F)cc2c1OCC2. The molecule has 1 aliphatic rings. The van der Waals surface area contributed by atoms with E-state index in [4.69, 9.17) is 10.5 Å². The zero-order valence-corrected chi connectivity index (χ0v) is 12.1. The second kappa shape index (κ2) is 5.14. The van der Waals surface area contributed by atoms with Gasteiger partial charge in [-0.25, -0.2) is 8.78 Å². The molecule has 0 aliphatic carbocycles. The average molecular weight is 340 g/mol. The molecule has 3 rings (SSSR count). The van der Waals surface area contributed by atoms with Gasteiger partial charge in [0.15, 0.2) is 0 Å². The normalized spacial score (nSPS) is 13.2. The van der Waals surface area contributed by atoms with E-state index in [1.165, 1.54) is 12.1 Å². The molecule has 5 heteroatoms. The maximum atomic E-state index is 14.2. The molecular weight excluding hydrogens is 328 g/mol. The number of hydrogen-bond acceptors (Lipinski definition) is 2. The minimum absolute atomic E-state index is 0.0382. The Morgan fingerprint density at radius 2 is 2.05 bits per heavy atom. The van der Waals surface area contributed by atoms with E-state index in [0.29, 0.717) is 12.2 Å². The van der Waals surface area contributed by atoms with Gasteiger partial charge in [-0.3, -0.25) is 0 Å². The molecular formula is C15H12BrF2NO. The van der Waals surface area contributed by atoms with E-state index in [-0.39, 0.29) is 16.6 Å². The minimum Gasteiger partial charge on any atom is -0.493 e. The highest BCUT2D eigenvalue weighted by Gasteiger charge is 2.21. The predicted molar refractivity (Wildman–Crippen MR) is 76.6 cm³/mol. The molecule has 0 radical (unpaired) electrons. The summed E-state index contributed by atoms with van der Waals surface area (Å²) in [6, 6.07) is 6.07. The molecule has 0 fully saturated rings. The highest BCUT2D eigenvalue weighted by Crippen LogP contribution is 2.37. The highest BCUT2D eigenvalue weighted by molar-refractivity contribution is 9.10. The van der Waals surface area contributed by atoms with Crippen LogP contribution in [-0.4, -0.2) is 6.61 Å². The van der Waals surface area contributed by atoms with Crippen LogP contribution in [0, 0.1) is 11.6 Å². The molecule has 0 spiro atoms. The molecule has 0 amide bonds. The first-order valence-electron chi connectivity index (χ1n) is 6.24. The van der Waals surface area contributed by atoms with Crippen LogP contribution in [0.3, 0.4) is 0 Å². The number of nitrogens with two attached hydrogens (primary N) is 1. The monoisotopic (exact) mass is 339 g/mol. The van der Waals surface area contributed by atoms with Gasteiger partial charge in [0, 0.05) is 18.5 Å². The summed E-state index contributed by atoms with van der Waals surface area (Å²) >= 11 is 3.08. The maximum Gasteiger partial charge on any atom is 0.148 e. The van der Waals surface area contributed by atoms with Gasteiger partial charge >= 0.3 is 0 Å². The summed E-state index contributed by atoms with van der Waals surface area (Å²) in [6.45, 7) is 0.850. The van der Waals surface area contributed by atoms with Crippen molar-refractivity contribution in [2.75, 3.05) is 6.61 Å². The smallest absolute Gasteiger partial charge is 0.148 e. The standard InChI is InChI=1S/C15H12BrF2NO/c16-11-1-2-12(17)13(14(11)18)9-5-8-3-4-20-15(8)10(6-9)7-19/h1-2,5-6H,3-4,7,19H2. The summed E-state index contributed by atoms with van der Waals surface area (Å²) in [7, 11) is 0. The van der Waals surface area contributed by atoms with Crippen molar-refractivity contribution in [3.05, 3.63) is 51.5 Å². The van der Waals surface area contributed by atoms with Gasteiger partial charge in [-0.1, -0.05) is 0 Å². The fourth-order valence-corrected chi connectivity index (χ4v) is 2.81. The molecule has 2 aromatic carbocycles. The van der Waals surface area contributed by atoms with Crippen molar-refractivity contribution in [1.82, 2.24) is 0 Å². The highest BCUT2D eigenvalue weighted by atomic mass is 79.9. The van der Waals surface area contributed by atoms with Crippen molar-refractivity contribution >= 4 is 15.9 Å². The van der Waals surface area contributed by atoms with Crippen LogP contribution in [0.2, 0.25) is 0 Å². The van der Waals surface area contributed by atoms with Crippen LogP contribution < -0.4 is 10.5 Å². The van der Waals surface area contributed by atoms with Gasteiger partial charge in [0.25, 0.3) is 0 Å². The third-order valence-corrected chi connectivity index (χ3v) is 4.03. The summed E-state index contributed by atoms with van der Waals surface area (Å²) in [5.74, 6) is -0.438. The van der Waals surface area contributed by atoms with E-state index in [1.807, 2.05) is 0 Å². The second-order valence-corrected chi connectivity index (χ2v) is 5.50. The van der Waals surface area contributed by atoms with E-state index in [1.54, 1.807) is 12.1 Å². The van der Waals surface area contributed by atoms with Crippen molar-refractivity contribution in [3.63, 3.8) is 0 Å². The summed E-state index contributed by atoms with van der Waals surface area (Å²) in [4.78, 5) is 0. The Morgan fingerprint density at radius 1 is 1.25 bits per heavy atom. The van der Waals surface area contributed by atoms with Gasteiger partial charge in [0.2, 0.25) is 0 Å². The van der Waals surface area contributed by atoms with E-state index < -0.39 is 11.6 Å². The van der Waals surface area contributed by atoms with Crippen molar-refractivity contribution in [1.29, 1.82) is 0 Å². The predicted octanol–water partition coefficient (Wildman–Crippen LogP) is 3.79. The molecule has 0 saturated carbocycles. The second-order valence-electron chi connectivity index (χ2n) is 4.64. The third-order valence-electron chi connectivity index (χ3n) is 3.41. The number of fused-ring (bicyclic) bond motifs is 1. The van der Waals surface area contributed by atoms with Crippen LogP contribution in [0.25, 0.3) is 11.1 Å². The first-order chi connectivity index (χ1) is 9.61. The molecule has 0 saturated heterocycles. The van der Waals surface area contributed by atoms with E-state index in [2.05, 4.69) is 15.9 Å². The van der Waals surface area contributed by atoms with Gasteiger partial charge in [-0.2, -0.15) is 0 Å². The minimum atomic E-state index is -0.605. The summed E-state index contributed by atoms with van der Waals surface area (Å²) < 4.78 is 33.9. The van der Waals surface area contributed by atoms with Crippen molar-refractivity contribution in [2.24, 2.45) is 5.73 Å². The van der Waals surface area contributed by atoms with E-state index in [9.17, 15) is 8.78 Å². The van der Waals surface area contributed by atoms with Crippen LogP contribution >= 0.6 is 15.9 Å². The number of hydrogen-bond donors (Lipinski definition) is 1. The summed E-state index contributed by atoms with van der Waals surface area (Å²) in [5, 5.41) is 0. The van der Waals surface area contributed by atoms with Gasteiger partial charge < -0.3 is 10.5 Å². The first kappa shape index (κ1) is 13.5. The molecule has 2 nitrogen and oxygen atoms in total. The Morgan fingerprint density at radius 3 is 2.80 bits per heavy atom. The number of halogens is 3. The molecule has 0 atom stereocenters. The van der Waals surface area contributed by atoms with Gasteiger partial charge in [-0.15, -0.1) is 0 Å². The molecule has 1 heterocycles.